The summed E-state index contributed by atoms with van der Waals surface area (Å²) in [5, 5.41) is 3.19. The van der Waals surface area contributed by atoms with Crippen LogP contribution in [0.4, 0.5) is 18.9 Å². The Bertz CT molecular complexity index is 861. The molecule has 3 rings (SSSR count). The van der Waals surface area contributed by atoms with Gasteiger partial charge in [-0.05, 0) is 30.3 Å². The minimum atomic E-state index is -4.41. The zero-order chi connectivity index (χ0) is 16.4. The molecule has 116 valence electrons. The standard InChI is InChI=1S/C17H11F3N2O/c18-17(19,20)13-7-6-12-8-14(10-21-15(12)9-13)22-16(23)11-4-2-1-3-5-11/h1-10H,(H,22,23). The number of anilines is 1. The van der Waals surface area contributed by atoms with E-state index in [4.69, 9.17) is 0 Å². The quantitative estimate of drug-likeness (QED) is 0.756. The maximum Gasteiger partial charge on any atom is 0.416 e. The van der Waals surface area contributed by atoms with Crippen LogP contribution in [0.5, 0.6) is 0 Å². The van der Waals surface area contributed by atoms with E-state index in [0.717, 1.165) is 12.1 Å². The van der Waals surface area contributed by atoms with Crippen molar-refractivity contribution in [2.24, 2.45) is 0 Å². The number of fused-ring (bicyclic) bond motifs is 1. The molecule has 0 saturated carbocycles. The van der Waals surface area contributed by atoms with Crippen LogP contribution in [-0.4, -0.2) is 10.9 Å². The van der Waals surface area contributed by atoms with Crippen molar-refractivity contribution in [2.75, 3.05) is 5.32 Å². The summed E-state index contributed by atoms with van der Waals surface area (Å²) in [6, 6.07) is 13.5. The SMILES string of the molecule is O=C(Nc1cnc2cc(C(F)(F)F)ccc2c1)c1ccccc1. The van der Waals surface area contributed by atoms with Crippen LogP contribution in [0.25, 0.3) is 10.9 Å². The lowest BCUT2D eigenvalue weighted by molar-refractivity contribution is -0.137. The van der Waals surface area contributed by atoms with Crippen LogP contribution in [0, 0.1) is 0 Å². The first-order valence-corrected chi connectivity index (χ1v) is 6.77. The van der Waals surface area contributed by atoms with E-state index < -0.39 is 11.7 Å². The summed E-state index contributed by atoms with van der Waals surface area (Å²) in [7, 11) is 0. The number of carbonyl (C=O) groups is 1. The minimum absolute atomic E-state index is 0.220. The van der Waals surface area contributed by atoms with Gasteiger partial charge in [0.1, 0.15) is 0 Å². The van der Waals surface area contributed by atoms with Gasteiger partial charge < -0.3 is 5.32 Å². The van der Waals surface area contributed by atoms with E-state index in [0.29, 0.717) is 16.6 Å². The first-order valence-electron chi connectivity index (χ1n) is 6.77. The summed E-state index contributed by atoms with van der Waals surface area (Å²) >= 11 is 0. The third-order valence-electron chi connectivity index (χ3n) is 3.31. The molecule has 23 heavy (non-hydrogen) atoms. The Hall–Kier alpha value is -2.89. The number of nitrogens with zero attached hydrogens (tertiary/aromatic N) is 1. The van der Waals surface area contributed by atoms with Crippen molar-refractivity contribution in [2.45, 2.75) is 6.18 Å². The van der Waals surface area contributed by atoms with Crippen LogP contribution >= 0.6 is 0 Å². The van der Waals surface area contributed by atoms with Gasteiger partial charge in [-0.2, -0.15) is 13.2 Å². The zero-order valence-corrected chi connectivity index (χ0v) is 11.8. The summed E-state index contributed by atoms with van der Waals surface area (Å²) in [6.07, 6.45) is -3.07. The Labute approximate surface area is 129 Å². The molecule has 6 heteroatoms. The Balaban J connectivity index is 1.88. The van der Waals surface area contributed by atoms with Crippen molar-refractivity contribution in [1.82, 2.24) is 4.98 Å². The number of amides is 1. The highest BCUT2D eigenvalue weighted by Crippen LogP contribution is 2.31. The number of pyridine rings is 1. The zero-order valence-electron chi connectivity index (χ0n) is 11.8. The van der Waals surface area contributed by atoms with E-state index in [1.54, 1.807) is 36.4 Å². The molecule has 0 radical (unpaired) electrons. The van der Waals surface area contributed by atoms with Gasteiger partial charge in [-0.1, -0.05) is 24.3 Å². The average molecular weight is 316 g/mol. The smallest absolute Gasteiger partial charge is 0.321 e. The molecule has 3 nitrogen and oxygen atoms in total. The fourth-order valence-corrected chi connectivity index (χ4v) is 2.16. The van der Waals surface area contributed by atoms with Crippen molar-refractivity contribution in [3.05, 3.63) is 71.9 Å². The molecule has 0 bridgehead atoms. The second-order valence-corrected chi connectivity index (χ2v) is 4.95. The van der Waals surface area contributed by atoms with Gasteiger partial charge >= 0.3 is 6.18 Å². The Morgan fingerprint density at radius 1 is 1.00 bits per heavy atom. The predicted molar refractivity (Wildman–Crippen MR) is 81.1 cm³/mol. The number of benzene rings is 2. The number of rotatable bonds is 2. The first-order chi connectivity index (χ1) is 10.9. The van der Waals surface area contributed by atoms with Crippen LogP contribution in [-0.2, 0) is 6.18 Å². The molecule has 0 aliphatic heterocycles. The van der Waals surface area contributed by atoms with Crippen LogP contribution in [0.15, 0.2) is 60.8 Å². The van der Waals surface area contributed by atoms with Crippen molar-refractivity contribution in [3.8, 4) is 0 Å². The number of carbonyl (C=O) groups excluding carboxylic acids is 1. The maximum atomic E-state index is 12.7. The molecule has 0 aliphatic rings. The third-order valence-corrected chi connectivity index (χ3v) is 3.31. The molecule has 0 spiro atoms. The van der Waals surface area contributed by atoms with Crippen molar-refractivity contribution >= 4 is 22.5 Å². The highest BCUT2D eigenvalue weighted by Gasteiger charge is 2.30. The van der Waals surface area contributed by atoms with Crippen LogP contribution in [0.2, 0.25) is 0 Å². The van der Waals surface area contributed by atoms with Gasteiger partial charge in [0.2, 0.25) is 0 Å². The molecular formula is C17H11F3N2O. The fourth-order valence-electron chi connectivity index (χ4n) is 2.16. The molecule has 0 aliphatic carbocycles. The third kappa shape index (κ3) is 3.31. The molecule has 0 fully saturated rings. The van der Waals surface area contributed by atoms with Crippen LogP contribution in [0.3, 0.4) is 0 Å². The van der Waals surface area contributed by atoms with Gasteiger partial charge in [0, 0.05) is 10.9 Å². The average Bonchev–Trinajstić information content (AvgIpc) is 2.54. The summed E-state index contributed by atoms with van der Waals surface area (Å²) in [4.78, 5) is 16.0. The van der Waals surface area contributed by atoms with E-state index in [2.05, 4.69) is 10.3 Å². The normalized spacial score (nSPS) is 11.4. The largest absolute Gasteiger partial charge is 0.416 e. The van der Waals surface area contributed by atoms with E-state index in [9.17, 15) is 18.0 Å². The molecule has 0 unspecified atom stereocenters. The number of aromatic nitrogens is 1. The maximum absolute atomic E-state index is 12.7. The van der Waals surface area contributed by atoms with E-state index in [1.165, 1.54) is 12.3 Å². The van der Waals surface area contributed by atoms with Crippen LogP contribution < -0.4 is 5.32 Å². The molecular weight excluding hydrogens is 305 g/mol. The van der Waals surface area contributed by atoms with Gasteiger partial charge in [-0.3, -0.25) is 9.78 Å². The summed E-state index contributed by atoms with van der Waals surface area (Å²) in [5.41, 5.74) is 0.377. The molecule has 2 aromatic carbocycles. The summed E-state index contributed by atoms with van der Waals surface area (Å²) in [6.45, 7) is 0. The highest BCUT2D eigenvalue weighted by atomic mass is 19.4. The summed E-state index contributed by atoms with van der Waals surface area (Å²) in [5.74, 6) is -0.307. The van der Waals surface area contributed by atoms with Crippen molar-refractivity contribution < 1.29 is 18.0 Å². The number of halogens is 3. The lowest BCUT2D eigenvalue weighted by atomic mass is 10.1. The number of hydrogen-bond acceptors (Lipinski definition) is 2. The second kappa shape index (κ2) is 5.72. The minimum Gasteiger partial charge on any atom is -0.321 e. The molecule has 1 heterocycles. The second-order valence-electron chi connectivity index (χ2n) is 4.95. The molecule has 1 N–H and O–H groups in total. The highest BCUT2D eigenvalue weighted by molar-refractivity contribution is 6.04. The van der Waals surface area contributed by atoms with Gasteiger partial charge in [0.25, 0.3) is 5.91 Å². The van der Waals surface area contributed by atoms with Crippen molar-refractivity contribution in [1.29, 1.82) is 0 Å². The van der Waals surface area contributed by atoms with Gasteiger partial charge in [0.05, 0.1) is 23.0 Å². The van der Waals surface area contributed by atoms with Gasteiger partial charge in [-0.15, -0.1) is 0 Å². The van der Waals surface area contributed by atoms with Gasteiger partial charge in [-0.25, -0.2) is 0 Å². The van der Waals surface area contributed by atoms with E-state index in [-0.39, 0.29) is 11.4 Å². The van der Waals surface area contributed by atoms with E-state index >= 15 is 0 Å². The summed E-state index contributed by atoms with van der Waals surface area (Å²) < 4.78 is 38.0. The topological polar surface area (TPSA) is 42.0 Å². The van der Waals surface area contributed by atoms with Gasteiger partial charge in [0.15, 0.2) is 0 Å². The first kappa shape index (κ1) is 15.0. The number of nitrogens with one attached hydrogen (secondary N) is 1. The predicted octanol–water partition coefficient (Wildman–Crippen LogP) is 4.51. The molecule has 1 aromatic heterocycles. The fraction of sp³-hybridized carbons (Fsp3) is 0.0588. The van der Waals surface area contributed by atoms with Crippen LogP contribution in [0.1, 0.15) is 15.9 Å². The Kier molecular flexibility index (Phi) is 3.73. The lowest BCUT2D eigenvalue weighted by Crippen LogP contribution is -2.11. The monoisotopic (exact) mass is 316 g/mol. The number of alkyl halides is 3. The van der Waals surface area contributed by atoms with Crippen molar-refractivity contribution in [3.63, 3.8) is 0 Å². The lowest BCUT2D eigenvalue weighted by Gasteiger charge is -2.09. The van der Waals surface area contributed by atoms with E-state index in [1.807, 2.05) is 0 Å². The molecule has 3 aromatic rings. The molecule has 0 saturated heterocycles. The Morgan fingerprint density at radius 3 is 2.43 bits per heavy atom. The molecule has 1 amide bonds. The Morgan fingerprint density at radius 2 is 1.74 bits per heavy atom. The molecule has 0 atom stereocenters. The number of hydrogen-bond donors (Lipinski definition) is 1.